The van der Waals surface area contributed by atoms with E-state index in [9.17, 15) is 12.8 Å². The van der Waals surface area contributed by atoms with Gasteiger partial charge in [-0.2, -0.15) is 0 Å². The Kier molecular flexibility index (Phi) is 4.21. The minimum Gasteiger partial charge on any atom is -0.315 e. The Hall–Kier alpha value is -0.690. The third kappa shape index (κ3) is 3.20. The van der Waals surface area contributed by atoms with Crippen molar-refractivity contribution in [2.45, 2.75) is 23.8 Å². The van der Waals surface area contributed by atoms with Crippen LogP contribution in [0.3, 0.4) is 0 Å². The van der Waals surface area contributed by atoms with Gasteiger partial charge in [-0.25, -0.2) is 17.5 Å². The van der Waals surface area contributed by atoms with E-state index >= 15 is 0 Å². The number of hydrogen-bond acceptors (Lipinski definition) is 3. The van der Waals surface area contributed by atoms with E-state index in [4.69, 9.17) is 11.6 Å². The molecule has 1 aliphatic rings. The van der Waals surface area contributed by atoms with Gasteiger partial charge in [-0.05, 0) is 37.6 Å². The molecule has 0 bridgehead atoms. The maximum Gasteiger partial charge on any atom is 0.243 e. The summed E-state index contributed by atoms with van der Waals surface area (Å²) in [6.45, 7) is 1.45. The molecule has 2 rings (SSSR count). The fraction of sp³-hybridized carbons (Fsp3) is 0.455. The van der Waals surface area contributed by atoms with Gasteiger partial charge in [0.1, 0.15) is 10.7 Å². The second-order valence-electron chi connectivity index (χ2n) is 4.24. The van der Waals surface area contributed by atoms with Crippen molar-refractivity contribution in [1.82, 2.24) is 10.0 Å². The molecule has 4 nitrogen and oxygen atoms in total. The van der Waals surface area contributed by atoms with E-state index in [1.54, 1.807) is 0 Å². The van der Waals surface area contributed by atoms with Gasteiger partial charge in [0, 0.05) is 17.6 Å². The summed E-state index contributed by atoms with van der Waals surface area (Å²) in [5.74, 6) is -0.834. The summed E-state index contributed by atoms with van der Waals surface area (Å²) >= 11 is 5.59. The molecular formula is C11H14ClFN2O2S. The van der Waals surface area contributed by atoms with Gasteiger partial charge >= 0.3 is 0 Å². The molecule has 1 atom stereocenters. The van der Waals surface area contributed by atoms with E-state index in [1.165, 1.54) is 12.1 Å². The molecule has 2 N–H and O–H groups in total. The van der Waals surface area contributed by atoms with Crippen molar-refractivity contribution in [1.29, 1.82) is 0 Å². The number of benzene rings is 1. The zero-order valence-corrected chi connectivity index (χ0v) is 11.2. The lowest BCUT2D eigenvalue weighted by Gasteiger charge is -2.23. The minimum atomic E-state index is -3.83. The highest BCUT2D eigenvalue weighted by Gasteiger charge is 2.24. The summed E-state index contributed by atoms with van der Waals surface area (Å²) in [7, 11) is -3.83. The number of rotatable bonds is 3. The van der Waals surface area contributed by atoms with Crippen molar-refractivity contribution >= 4 is 21.6 Å². The molecular weight excluding hydrogens is 279 g/mol. The van der Waals surface area contributed by atoms with Crippen LogP contribution in [0.1, 0.15) is 12.8 Å². The molecule has 0 saturated carbocycles. The average Bonchev–Trinajstić information content (AvgIpc) is 2.29. The van der Waals surface area contributed by atoms with Gasteiger partial charge in [0.25, 0.3) is 0 Å². The summed E-state index contributed by atoms with van der Waals surface area (Å²) in [6.07, 6.45) is 1.65. The molecule has 18 heavy (non-hydrogen) atoms. The lowest BCUT2D eigenvalue weighted by atomic mass is 10.1. The Morgan fingerprint density at radius 1 is 1.44 bits per heavy atom. The second kappa shape index (κ2) is 5.52. The van der Waals surface area contributed by atoms with Gasteiger partial charge in [-0.15, -0.1) is 0 Å². The van der Waals surface area contributed by atoms with Crippen LogP contribution in [-0.4, -0.2) is 27.5 Å². The molecule has 1 heterocycles. The normalized spacial score (nSPS) is 20.9. The Morgan fingerprint density at radius 2 is 2.22 bits per heavy atom. The Morgan fingerprint density at radius 3 is 2.83 bits per heavy atom. The van der Waals surface area contributed by atoms with E-state index < -0.39 is 15.8 Å². The van der Waals surface area contributed by atoms with Gasteiger partial charge in [-0.3, -0.25) is 0 Å². The highest BCUT2D eigenvalue weighted by atomic mass is 35.5. The van der Waals surface area contributed by atoms with Gasteiger partial charge in [0.15, 0.2) is 0 Å². The zero-order valence-electron chi connectivity index (χ0n) is 9.62. The SMILES string of the molecule is O=S(=O)(NC1CCCNC1)c1ccc(Cl)cc1F. The third-order valence-electron chi connectivity index (χ3n) is 2.80. The van der Waals surface area contributed by atoms with Crippen LogP contribution in [0.2, 0.25) is 5.02 Å². The van der Waals surface area contributed by atoms with Crippen molar-refractivity contribution < 1.29 is 12.8 Å². The van der Waals surface area contributed by atoms with Crippen LogP contribution in [0.15, 0.2) is 23.1 Å². The minimum absolute atomic E-state index is 0.172. The van der Waals surface area contributed by atoms with Crippen LogP contribution in [0.25, 0.3) is 0 Å². The molecule has 1 saturated heterocycles. The Balaban J connectivity index is 2.19. The predicted octanol–water partition coefficient (Wildman–Crippen LogP) is 1.51. The number of hydrogen-bond donors (Lipinski definition) is 2. The number of sulfonamides is 1. The van der Waals surface area contributed by atoms with E-state index in [0.717, 1.165) is 25.5 Å². The number of piperidine rings is 1. The fourth-order valence-electron chi connectivity index (χ4n) is 1.93. The van der Waals surface area contributed by atoms with Crippen molar-refractivity contribution in [2.75, 3.05) is 13.1 Å². The molecule has 7 heteroatoms. The van der Waals surface area contributed by atoms with Crippen LogP contribution in [0, 0.1) is 5.82 Å². The number of halogens is 2. The highest BCUT2D eigenvalue weighted by molar-refractivity contribution is 7.89. The Bertz CT molecular complexity index is 530. The first-order chi connectivity index (χ1) is 8.49. The zero-order chi connectivity index (χ0) is 13.2. The molecule has 100 valence electrons. The van der Waals surface area contributed by atoms with Crippen molar-refractivity contribution in [3.63, 3.8) is 0 Å². The van der Waals surface area contributed by atoms with E-state index in [0.29, 0.717) is 6.54 Å². The van der Waals surface area contributed by atoms with Crippen LogP contribution in [0.5, 0.6) is 0 Å². The summed E-state index contributed by atoms with van der Waals surface area (Å²) < 4.78 is 40.1. The predicted molar refractivity (Wildman–Crippen MR) is 67.6 cm³/mol. The summed E-state index contributed by atoms with van der Waals surface area (Å²) in [5.41, 5.74) is 0. The van der Waals surface area contributed by atoms with Crippen molar-refractivity contribution in [3.05, 3.63) is 29.0 Å². The largest absolute Gasteiger partial charge is 0.315 e. The summed E-state index contributed by atoms with van der Waals surface area (Å²) in [5, 5.41) is 3.26. The summed E-state index contributed by atoms with van der Waals surface area (Å²) in [4.78, 5) is -0.363. The first-order valence-corrected chi connectivity index (χ1v) is 7.53. The van der Waals surface area contributed by atoms with Gasteiger partial charge in [0.05, 0.1) is 0 Å². The Labute approximate surface area is 111 Å². The van der Waals surface area contributed by atoms with Crippen molar-refractivity contribution in [3.8, 4) is 0 Å². The van der Waals surface area contributed by atoms with Gasteiger partial charge in [-0.1, -0.05) is 11.6 Å². The highest BCUT2D eigenvalue weighted by Crippen LogP contribution is 2.19. The molecule has 0 aliphatic carbocycles. The van der Waals surface area contributed by atoms with Crippen LogP contribution < -0.4 is 10.0 Å². The summed E-state index contributed by atoms with van der Waals surface area (Å²) in [6, 6.07) is 3.34. The molecule has 1 aromatic carbocycles. The standard InChI is InChI=1S/C11H14ClFN2O2S/c12-8-3-4-11(10(13)6-8)18(16,17)15-9-2-1-5-14-7-9/h3-4,6,9,14-15H,1-2,5,7H2. The monoisotopic (exact) mass is 292 g/mol. The molecule has 1 aromatic rings. The third-order valence-corrected chi connectivity index (χ3v) is 4.59. The van der Waals surface area contributed by atoms with Crippen LogP contribution in [0.4, 0.5) is 4.39 Å². The topological polar surface area (TPSA) is 58.2 Å². The lowest BCUT2D eigenvalue weighted by Crippen LogP contribution is -2.45. The van der Waals surface area contributed by atoms with E-state index in [-0.39, 0.29) is 16.0 Å². The average molecular weight is 293 g/mol. The first-order valence-electron chi connectivity index (χ1n) is 5.67. The molecule has 1 aliphatic heterocycles. The molecule has 0 spiro atoms. The maximum atomic E-state index is 13.6. The molecule has 0 amide bonds. The first kappa shape index (κ1) is 13.7. The lowest BCUT2D eigenvalue weighted by molar-refractivity contribution is 0.427. The molecule has 0 radical (unpaired) electrons. The van der Waals surface area contributed by atoms with Gasteiger partial charge in [0.2, 0.25) is 10.0 Å². The van der Waals surface area contributed by atoms with Gasteiger partial charge < -0.3 is 5.32 Å². The number of nitrogens with one attached hydrogen (secondary N) is 2. The quantitative estimate of drug-likeness (QED) is 0.888. The smallest absolute Gasteiger partial charge is 0.243 e. The molecule has 1 fully saturated rings. The van der Waals surface area contributed by atoms with Crippen LogP contribution in [-0.2, 0) is 10.0 Å². The van der Waals surface area contributed by atoms with E-state index in [1.807, 2.05) is 0 Å². The molecule has 1 unspecified atom stereocenters. The molecule has 0 aromatic heterocycles. The second-order valence-corrected chi connectivity index (χ2v) is 6.36. The van der Waals surface area contributed by atoms with Crippen molar-refractivity contribution in [2.24, 2.45) is 0 Å². The fourth-order valence-corrected chi connectivity index (χ4v) is 3.42. The van der Waals surface area contributed by atoms with Crippen LogP contribution >= 0.6 is 11.6 Å². The van der Waals surface area contributed by atoms with E-state index in [2.05, 4.69) is 10.0 Å². The maximum absolute atomic E-state index is 13.6.